The Morgan fingerprint density at radius 1 is 1.22 bits per heavy atom. The van der Waals surface area contributed by atoms with Gasteiger partial charge < -0.3 is 14.6 Å². The van der Waals surface area contributed by atoms with Gasteiger partial charge in [-0.15, -0.1) is 0 Å². The van der Waals surface area contributed by atoms with Gasteiger partial charge in [-0.1, -0.05) is 12.1 Å². The van der Waals surface area contributed by atoms with E-state index in [4.69, 9.17) is 0 Å². The van der Waals surface area contributed by atoms with Gasteiger partial charge in [0.05, 0.1) is 12.2 Å². The van der Waals surface area contributed by atoms with E-state index < -0.39 is 30.6 Å². The first-order valence-corrected chi connectivity index (χ1v) is 8.06. The van der Waals surface area contributed by atoms with Gasteiger partial charge >= 0.3 is 12.6 Å². The molecular formula is C18H17F2N3O4. The highest BCUT2D eigenvalue weighted by Crippen LogP contribution is 2.30. The summed E-state index contributed by atoms with van der Waals surface area (Å²) in [6.07, 6.45) is 1.69. The molecule has 1 aliphatic heterocycles. The zero-order valence-corrected chi connectivity index (χ0v) is 14.6. The van der Waals surface area contributed by atoms with Crippen molar-refractivity contribution in [3.63, 3.8) is 0 Å². The lowest BCUT2D eigenvalue weighted by atomic mass is 9.92. The summed E-state index contributed by atoms with van der Waals surface area (Å²) in [7, 11) is 1.69. The van der Waals surface area contributed by atoms with E-state index in [0.29, 0.717) is 11.3 Å². The average molecular weight is 377 g/mol. The number of halogens is 2. The molecule has 1 saturated heterocycles. The summed E-state index contributed by atoms with van der Waals surface area (Å²) in [6.45, 7) is -1.87. The van der Waals surface area contributed by atoms with Crippen molar-refractivity contribution < 1.29 is 27.9 Å². The standard InChI is InChI=1S/C18H17F2N3O4/c1-18(11-5-7-12(8-6-11)27-16(19)20)15(25)23(17(26)21-18)10-14(24)13-4-3-9-22(13)2/h3-9,16H,10H2,1-2H3,(H,21,26). The van der Waals surface area contributed by atoms with Crippen molar-refractivity contribution in [2.24, 2.45) is 7.05 Å². The number of alkyl halides is 2. The van der Waals surface area contributed by atoms with Crippen LogP contribution >= 0.6 is 0 Å². The number of carbonyl (C=O) groups excluding carboxylic acids is 3. The molecule has 1 atom stereocenters. The average Bonchev–Trinajstić information content (AvgIpc) is 3.12. The predicted octanol–water partition coefficient (Wildman–Crippen LogP) is 2.28. The van der Waals surface area contributed by atoms with Crippen molar-refractivity contribution in [1.82, 2.24) is 14.8 Å². The first kappa shape index (κ1) is 18.6. The van der Waals surface area contributed by atoms with Gasteiger partial charge in [-0.2, -0.15) is 8.78 Å². The zero-order chi connectivity index (χ0) is 19.8. The minimum absolute atomic E-state index is 0.0649. The molecule has 0 bridgehead atoms. The van der Waals surface area contributed by atoms with Crippen LogP contribution in [-0.4, -0.2) is 40.3 Å². The molecule has 142 valence electrons. The van der Waals surface area contributed by atoms with Crippen LogP contribution in [0, 0.1) is 0 Å². The highest BCUT2D eigenvalue weighted by molar-refractivity contribution is 6.11. The summed E-state index contributed by atoms with van der Waals surface area (Å²) < 4.78 is 30.4. The van der Waals surface area contributed by atoms with Crippen molar-refractivity contribution in [3.8, 4) is 5.75 Å². The van der Waals surface area contributed by atoms with E-state index in [-0.39, 0.29) is 11.5 Å². The third kappa shape index (κ3) is 3.40. The fraction of sp³-hybridized carbons (Fsp3) is 0.278. The smallest absolute Gasteiger partial charge is 0.387 e. The van der Waals surface area contributed by atoms with Crippen LogP contribution in [0.25, 0.3) is 0 Å². The Kier molecular flexibility index (Phi) is 4.69. The molecule has 1 aromatic carbocycles. The highest BCUT2D eigenvalue weighted by Gasteiger charge is 2.49. The Morgan fingerprint density at radius 3 is 2.44 bits per heavy atom. The number of nitrogens with one attached hydrogen (secondary N) is 1. The molecule has 0 aliphatic carbocycles. The molecule has 2 heterocycles. The summed E-state index contributed by atoms with van der Waals surface area (Å²) in [4.78, 5) is 38.3. The lowest BCUT2D eigenvalue weighted by Crippen LogP contribution is -2.41. The van der Waals surface area contributed by atoms with E-state index >= 15 is 0 Å². The molecule has 2 aromatic rings. The number of rotatable bonds is 6. The van der Waals surface area contributed by atoms with E-state index in [1.807, 2.05) is 0 Å². The number of ether oxygens (including phenoxy) is 1. The largest absolute Gasteiger partial charge is 0.435 e. The minimum Gasteiger partial charge on any atom is -0.435 e. The molecule has 7 nitrogen and oxygen atoms in total. The van der Waals surface area contributed by atoms with Crippen LogP contribution in [0.1, 0.15) is 23.0 Å². The lowest BCUT2D eigenvalue weighted by Gasteiger charge is -2.22. The van der Waals surface area contributed by atoms with Gasteiger partial charge in [0.25, 0.3) is 5.91 Å². The molecule has 1 aliphatic rings. The number of carbonyl (C=O) groups is 3. The SMILES string of the molecule is Cn1cccc1C(=O)CN1C(=O)NC(C)(c2ccc(OC(F)F)cc2)C1=O. The number of hydrogen-bond donors (Lipinski definition) is 1. The quantitative estimate of drug-likeness (QED) is 0.619. The van der Waals surface area contributed by atoms with Gasteiger partial charge in [0.15, 0.2) is 5.78 Å². The zero-order valence-electron chi connectivity index (χ0n) is 14.6. The lowest BCUT2D eigenvalue weighted by molar-refractivity contribution is -0.130. The van der Waals surface area contributed by atoms with Gasteiger partial charge in [0, 0.05) is 13.2 Å². The van der Waals surface area contributed by atoms with Crippen LogP contribution in [-0.2, 0) is 17.4 Å². The Morgan fingerprint density at radius 2 is 1.89 bits per heavy atom. The molecule has 3 amide bonds. The van der Waals surface area contributed by atoms with Crippen LogP contribution < -0.4 is 10.1 Å². The molecule has 0 radical (unpaired) electrons. The van der Waals surface area contributed by atoms with Gasteiger partial charge in [0.2, 0.25) is 0 Å². The number of urea groups is 1. The summed E-state index contributed by atoms with van der Waals surface area (Å²) >= 11 is 0. The number of hydrogen-bond acceptors (Lipinski definition) is 4. The van der Waals surface area contributed by atoms with Crippen molar-refractivity contribution >= 4 is 17.7 Å². The number of imide groups is 1. The van der Waals surface area contributed by atoms with E-state index in [2.05, 4.69) is 10.1 Å². The van der Waals surface area contributed by atoms with Gasteiger partial charge in [0.1, 0.15) is 11.3 Å². The third-order valence-electron chi connectivity index (χ3n) is 4.46. The number of aryl methyl sites for hydroxylation is 1. The second-order valence-corrected chi connectivity index (χ2v) is 6.28. The van der Waals surface area contributed by atoms with E-state index in [0.717, 1.165) is 4.90 Å². The van der Waals surface area contributed by atoms with Crippen LogP contribution in [0.5, 0.6) is 5.75 Å². The fourth-order valence-electron chi connectivity index (χ4n) is 2.98. The third-order valence-corrected chi connectivity index (χ3v) is 4.46. The van der Waals surface area contributed by atoms with Crippen molar-refractivity contribution in [1.29, 1.82) is 0 Å². The maximum atomic E-state index is 12.8. The van der Waals surface area contributed by atoms with Gasteiger partial charge in [-0.3, -0.25) is 14.5 Å². The normalized spacial score (nSPS) is 19.5. The van der Waals surface area contributed by atoms with Crippen molar-refractivity contribution in [2.75, 3.05) is 6.54 Å². The molecule has 27 heavy (non-hydrogen) atoms. The fourth-order valence-corrected chi connectivity index (χ4v) is 2.98. The van der Waals surface area contributed by atoms with Crippen LogP contribution in [0.15, 0.2) is 42.6 Å². The maximum absolute atomic E-state index is 12.8. The van der Waals surface area contributed by atoms with Crippen LogP contribution in [0.2, 0.25) is 0 Å². The molecule has 1 fully saturated rings. The molecule has 3 rings (SSSR count). The summed E-state index contributed by atoms with van der Waals surface area (Å²) in [5.74, 6) is -1.04. The van der Waals surface area contributed by atoms with Gasteiger partial charge in [-0.25, -0.2) is 4.79 Å². The van der Waals surface area contributed by atoms with E-state index in [1.54, 1.807) is 29.9 Å². The summed E-state index contributed by atoms with van der Waals surface area (Å²) in [5, 5.41) is 2.56. The number of amides is 3. The number of Topliss-reactive ketones (excluding diaryl/α,β-unsaturated/α-hetero) is 1. The van der Waals surface area contributed by atoms with Crippen LogP contribution in [0.3, 0.4) is 0 Å². The summed E-state index contributed by atoms with van der Waals surface area (Å²) in [5.41, 5.74) is -0.649. The number of nitrogens with zero attached hydrogens (tertiary/aromatic N) is 2. The number of ketones is 1. The number of aromatic nitrogens is 1. The minimum atomic E-state index is -2.96. The van der Waals surface area contributed by atoms with Gasteiger partial charge in [-0.05, 0) is 36.8 Å². The Balaban J connectivity index is 1.80. The van der Waals surface area contributed by atoms with E-state index in [9.17, 15) is 23.2 Å². The molecule has 0 saturated carbocycles. The molecule has 9 heteroatoms. The Hall–Kier alpha value is -3.23. The Labute approximate surface area is 153 Å². The maximum Gasteiger partial charge on any atom is 0.387 e. The first-order valence-electron chi connectivity index (χ1n) is 8.06. The van der Waals surface area contributed by atoms with Crippen molar-refractivity contribution in [2.45, 2.75) is 19.1 Å². The molecule has 1 unspecified atom stereocenters. The second kappa shape index (κ2) is 6.82. The summed E-state index contributed by atoms with van der Waals surface area (Å²) in [6, 6.07) is 7.98. The number of benzene rings is 1. The molecule has 0 spiro atoms. The van der Waals surface area contributed by atoms with Crippen LogP contribution in [0.4, 0.5) is 13.6 Å². The first-order chi connectivity index (χ1) is 12.7. The highest BCUT2D eigenvalue weighted by atomic mass is 19.3. The monoisotopic (exact) mass is 377 g/mol. The molecule has 1 N–H and O–H groups in total. The topological polar surface area (TPSA) is 80.6 Å². The second-order valence-electron chi connectivity index (χ2n) is 6.28. The van der Waals surface area contributed by atoms with Crippen molar-refractivity contribution in [3.05, 3.63) is 53.9 Å². The Bertz CT molecular complexity index is 894. The molecular weight excluding hydrogens is 360 g/mol. The molecule has 1 aromatic heterocycles. The predicted molar refractivity (Wildman–Crippen MR) is 90.4 cm³/mol. The van der Waals surface area contributed by atoms with E-state index in [1.165, 1.54) is 31.2 Å².